The number of hydrogen-bond donors (Lipinski definition) is 3. The second-order valence-corrected chi connectivity index (χ2v) is 4.21. The van der Waals surface area contributed by atoms with Crippen molar-refractivity contribution in [3.05, 3.63) is 35.1 Å². The molecule has 0 aliphatic carbocycles. The van der Waals surface area contributed by atoms with Crippen molar-refractivity contribution in [3.8, 4) is 0 Å². The molecular formula is C13H20FN3O. The van der Waals surface area contributed by atoms with E-state index in [2.05, 4.69) is 4.90 Å². The predicted octanol–water partition coefficient (Wildman–Crippen LogP) is 1.31. The SMILES string of the molecule is CCN(CCCO)Cc1cc(F)cc(C(=N)N)c1. The van der Waals surface area contributed by atoms with Gasteiger partial charge in [-0.05, 0) is 36.7 Å². The lowest BCUT2D eigenvalue weighted by molar-refractivity contribution is 0.225. The second kappa shape index (κ2) is 7.08. The molecule has 0 saturated heterocycles. The van der Waals surface area contributed by atoms with Crippen molar-refractivity contribution >= 4 is 5.84 Å². The van der Waals surface area contributed by atoms with Crippen LogP contribution in [0, 0.1) is 11.2 Å². The molecule has 0 spiro atoms. The molecule has 0 radical (unpaired) electrons. The fourth-order valence-corrected chi connectivity index (χ4v) is 1.80. The van der Waals surface area contributed by atoms with Crippen LogP contribution in [0.4, 0.5) is 4.39 Å². The van der Waals surface area contributed by atoms with Crippen LogP contribution in [-0.2, 0) is 6.54 Å². The van der Waals surface area contributed by atoms with Gasteiger partial charge in [0, 0.05) is 25.3 Å². The summed E-state index contributed by atoms with van der Waals surface area (Å²) in [5.74, 6) is -0.509. The molecule has 4 N–H and O–H groups in total. The topological polar surface area (TPSA) is 73.3 Å². The van der Waals surface area contributed by atoms with Gasteiger partial charge in [0.05, 0.1) is 0 Å². The third-order valence-corrected chi connectivity index (χ3v) is 2.75. The Labute approximate surface area is 107 Å². The average Bonchev–Trinajstić information content (AvgIpc) is 2.33. The number of nitrogens with zero attached hydrogens (tertiary/aromatic N) is 1. The van der Waals surface area contributed by atoms with Crippen molar-refractivity contribution in [2.24, 2.45) is 5.73 Å². The first-order chi connectivity index (χ1) is 8.56. The molecule has 0 aliphatic heterocycles. The Hall–Kier alpha value is -1.46. The van der Waals surface area contributed by atoms with Crippen LogP contribution >= 0.6 is 0 Å². The van der Waals surface area contributed by atoms with E-state index in [-0.39, 0.29) is 18.3 Å². The number of nitrogens with one attached hydrogen (secondary N) is 1. The van der Waals surface area contributed by atoms with Gasteiger partial charge in [-0.15, -0.1) is 0 Å². The molecule has 0 bridgehead atoms. The van der Waals surface area contributed by atoms with Crippen molar-refractivity contribution in [1.82, 2.24) is 4.90 Å². The molecule has 100 valence electrons. The highest BCUT2D eigenvalue weighted by molar-refractivity contribution is 5.95. The zero-order valence-corrected chi connectivity index (χ0v) is 10.6. The highest BCUT2D eigenvalue weighted by atomic mass is 19.1. The highest BCUT2D eigenvalue weighted by Gasteiger charge is 2.07. The number of benzene rings is 1. The van der Waals surface area contributed by atoms with E-state index >= 15 is 0 Å². The molecule has 0 aliphatic rings. The van der Waals surface area contributed by atoms with Gasteiger partial charge in [-0.25, -0.2) is 4.39 Å². The lowest BCUT2D eigenvalue weighted by Gasteiger charge is -2.20. The third kappa shape index (κ3) is 4.43. The Bertz CT molecular complexity index is 409. The van der Waals surface area contributed by atoms with E-state index in [9.17, 15) is 4.39 Å². The smallest absolute Gasteiger partial charge is 0.124 e. The monoisotopic (exact) mass is 253 g/mol. The maximum Gasteiger partial charge on any atom is 0.124 e. The van der Waals surface area contributed by atoms with E-state index in [0.717, 1.165) is 18.7 Å². The molecule has 0 atom stereocenters. The van der Waals surface area contributed by atoms with Crippen LogP contribution in [0.3, 0.4) is 0 Å². The summed E-state index contributed by atoms with van der Waals surface area (Å²) in [5.41, 5.74) is 6.56. The molecule has 0 unspecified atom stereocenters. The molecular weight excluding hydrogens is 233 g/mol. The fourth-order valence-electron chi connectivity index (χ4n) is 1.80. The van der Waals surface area contributed by atoms with Gasteiger partial charge in [-0.3, -0.25) is 10.3 Å². The predicted molar refractivity (Wildman–Crippen MR) is 70.1 cm³/mol. The van der Waals surface area contributed by atoms with E-state index in [4.69, 9.17) is 16.2 Å². The summed E-state index contributed by atoms with van der Waals surface area (Å²) in [4.78, 5) is 2.11. The van der Waals surface area contributed by atoms with Crippen molar-refractivity contribution < 1.29 is 9.50 Å². The normalized spacial score (nSPS) is 10.9. The van der Waals surface area contributed by atoms with Gasteiger partial charge in [0.25, 0.3) is 0 Å². The van der Waals surface area contributed by atoms with Crippen LogP contribution in [0.15, 0.2) is 18.2 Å². The number of halogens is 1. The van der Waals surface area contributed by atoms with Gasteiger partial charge in [0.15, 0.2) is 0 Å². The van der Waals surface area contributed by atoms with Gasteiger partial charge < -0.3 is 10.8 Å². The molecule has 4 nitrogen and oxygen atoms in total. The summed E-state index contributed by atoms with van der Waals surface area (Å²) in [6, 6.07) is 4.44. The molecule has 5 heteroatoms. The first-order valence-electron chi connectivity index (χ1n) is 6.04. The lowest BCUT2D eigenvalue weighted by atomic mass is 10.1. The van der Waals surface area contributed by atoms with E-state index in [1.165, 1.54) is 12.1 Å². The summed E-state index contributed by atoms with van der Waals surface area (Å²) >= 11 is 0. The zero-order valence-electron chi connectivity index (χ0n) is 10.6. The third-order valence-electron chi connectivity index (χ3n) is 2.75. The summed E-state index contributed by atoms with van der Waals surface area (Å²) in [6.45, 7) is 4.35. The summed E-state index contributed by atoms with van der Waals surface area (Å²) in [6.07, 6.45) is 0.697. The molecule has 0 heterocycles. The molecule has 1 rings (SSSR count). The van der Waals surface area contributed by atoms with Crippen LogP contribution in [0.1, 0.15) is 24.5 Å². The lowest BCUT2D eigenvalue weighted by Crippen LogP contribution is -2.25. The van der Waals surface area contributed by atoms with Gasteiger partial charge in [0.1, 0.15) is 11.7 Å². The number of rotatable bonds is 7. The van der Waals surface area contributed by atoms with Gasteiger partial charge in [0.2, 0.25) is 0 Å². The Balaban J connectivity index is 2.79. The van der Waals surface area contributed by atoms with Crippen molar-refractivity contribution in [2.75, 3.05) is 19.7 Å². The Kier molecular flexibility index (Phi) is 5.74. The quantitative estimate of drug-likeness (QED) is 0.507. The van der Waals surface area contributed by atoms with Gasteiger partial charge in [-0.1, -0.05) is 6.92 Å². The van der Waals surface area contributed by atoms with Crippen molar-refractivity contribution in [3.63, 3.8) is 0 Å². The number of amidine groups is 1. The molecule has 1 aromatic carbocycles. The Morgan fingerprint density at radius 2 is 2.17 bits per heavy atom. The minimum absolute atomic E-state index is 0.130. The summed E-state index contributed by atoms with van der Waals surface area (Å²) in [7, 11) is 0. The van der Waals surface area contributed by atoms with Crippen molar-refractivity contribution in [1.29, 1.82) is 5.41 Å². The highest BCUT2D eigenvalue weighted by Crippen LogP contribution is 2.11. The van der Waals surface area contributed by atoms with E-state index in [1.807, 2.05) is 6.92 Å². The number of aliphatic hydroxyl groups excluding tert-OH is 1. The first kappa shape index (κ1) is 14.6. The van der Waals surface area contributed by atoms with Crippen molar-refractivity contribution in [2.45, 2.75) is 19.9 Å². The molecule has 0 amide bonds. The molecule has 0 fully saturated rings. The van der Waals surface area contributed by atoms with Gasteiger partial charge in [-0.2, -0.15) is 0 Å². The second-order valence-electron chi connectivity index (χ2n) is 4.21. The molecule has 1 aromatic rings. The van der Waals surface area contributed by atoms with E-state index in [0.29, 0.717) is 18.5 Å². The van der Waals surface area contributed by atoms with Crippen LogP contribution in [0.5, 0.6) is 0 Å². The van der Waals surface area contributed by atoms with Crippen LogP contribution in [0.2, 0.25) is 0 Å². The Morgan fingerprint density at radius 3 is 2.72 bits per heavy atom. The van der Waals surface area contributed by atoms with Crippen LogP contribution in [-0.4, -0.2) is 35.5 Å². The number of hydrogen-bond acceptors (Lipinski definition) is 3. The van der Waals surface area contributed by atoms with Crippen LogP contribution < -0.4 is 5.73 Å². The van der Waals surface area contributed by atoms with E-state index in [1.54, 1.807) is 6.07 Å². The van der Waals surface area contributed by atoms with E-state index < -0.39 is 0 Å². The first-order valence-corrected chi connectivity index (χ1v) is 6.04. The minimum atomic E-state index is -0.379. The largest absolute Gasteiger partial charge is 0.396 e. The van der Waals surface area contributed by atoms with Gasteiger partial charge >= 0.3 is 0 Å². The number of aliphatic hydroxyl groups is 1. The maximum atomic E-state index is 13.4. The minimum Gasteiger partial charge on any atom is -0.396 e. The summed E-state index contributed by atoms with van der Waals surface area (Å²) in [5, 5.41) is 16.1. The number of nitrogen functional groups attached to an aromatic ring is 1. The molecule has 18 heavy (non-hydrogen) atoms. The Morgan fingerprint density at radius 1 is 1.44 bits per heavy atom. The zero-order chi connectivity index (χ0) is 13.5. The maximum absolute atomic E-state index is 13.4. The molecule has 0 saturated carbocycles. The molecule has 0 aromatic heterocycles. The van der Waals surface area contributed by atoms with Crippen LogP contribution in [0.25, 0.3) is 0 Å². The summed E-state index contributed by atoms with van der Waals surface area (Å²) < 4.78 is 13.4. The fraction of sp³-hybridized carbons (Fsp3) is 0.462. The number of nitrogens with two attached hydrogens (primary N) is 1. The average molecular weight is 253 g/mol. The standard InChI is InChI=1S/C13H20FN3O/c1-2-17(4-3-5-18)9-10-6-11(13(15)16)8-12(14)7-10/h6-8,18H,2-5,9H2,1H3,(H3,15,16).